The molecule has 1 heterocycles. The summed E-state index contributed by atoms with van der Waals surface area (Å²) in [5.41, 5.74) is 1.21. The Balaban J connectivity index is 2.03. The molecule has 57 heavy (non-hydrogen) atoms. The van der Waals surface area contributed by atoms with Crippen molar-refractivity contribution in [2.45, 2.75) is 92.0 Å². The number of benzene rings is 2. The van der Waals surface area contributed by atoms with Crippen LogP contribution in [-0.2, 0) is 84.4 Å². The molecule has 0 aliphatic carbocycles. The molecule has 0 N–H and O–H groups in total. The lowest BCUT2D eigenvalue weighted by Gasteiger charge is -2.44. The molecule has 0 saturated carbocycles. The molecule has 0 radical (unpaired) electrons. The number of ether oxygens (including phenoxy) is 10. The van der Waals surface area contributed by atoms with Crippen LogP contribution in [0.3, 0.4) is 0 Å². The molecule has 18 nitrogen and oxygen atoms in total. The molecule has 2 aromatic carbocycles. The van der Waals surface area contributed by atoms with E-state index >= 15 is 0 Å². The van der Waals surface area contributed by atoms with Gasteiger partial charge in [-0.15, -0.1) is 0 Å². The zero-order valence-electron chi connectivity index (χ0n) is 32.4. The van der Waals surface area contributed by atoms with Gasteiger partial charge in [0.1, 0.15) is 25.1 Å². The van der Waals surface area contributed by atoms with E-state index in [0.717, 1.165) is 27.7 Å². The molecule has 5 atom stereocenters. The minimum absolute atomic E-state index is 0.0776. The van der Waals surface area contributed by atoms with Gasteiger partial charge < -0.3 is 47.4 Å². The number of rotatable bonds is 17. The standard InChI is InChI=1S/C39H44O18/c1-21(14-15-48-22(2)40)19-50-39-38(57-35(47)18-29-10-13-31(52-25(5)43)32(16-29)53-26(6)44)37(36(54-27(7)45)33(55-39)20-49-23(3)41)56-34(46)17-28-8-11-30(12-9-28)51-24(4)42/h8-14,16,33,36-39H,15,17-20H2,1-7H3/b21-14+/t33-,36-,37+,38-,39-/m1/s1. The summed E-state index contributed by atoms with van der Waals surface area (Å²) in [6.45, 7) is 7.83. The smallest absolute Gasteiger partial charge is 0.310 e. The molecule has 1 saturated heterocycles. The molecular weight excluding hydrogens is 756 g/mol. The second-order valence-electron chi connectivity index (χ2n) is 12.6. The SMILES string of the molecule is CC(=O)OC/C=C(\C)CO[C@@H]1O[C@H](COC(C)=O)[C@@H](OC(C)=O)[C@H](OC(=O)Cc2ccc(OC(C)=O)cc2)[C@H]1OC(=O)Cc1ccc(OC(C)=O)c(OC(C)=O)c1. The highest BCUT2D eigenvalue weighted by Gasteiger charge is 2.53. The van der Waals surface area contributed by atoms with Crippen molar-refractivity contribution in [2.24, 2.45) is 0 Å². The lowest BCUT2D eigenvalue weighted by Crippen LogP contribution is -2.63. The fourth-order valence-electron chi connectivity index (χ4n) is 5.21. The first-order chi connectivity index (χ1) is 26.9. The molecule has 0 spiro atoms. The van der Waals surface area contributed by atoms with Crippen LogP contribution in [0.5, 0.6) is 17.2 Å². The molecule has 1 aliphatic rings. The first-order valence-corrected chi connectivity index (χ1v) is 17.4. The van der Waals surface area contributed by atoms with Gasteiger partial charge in [0.15, 0.2) is 36.1 Å². The van der Waals surface area contributed by atoms with Crippen LogP contribution in [0.4, 0.5) is 0 Å². The van der Waals surface area contributed by atoms with Crippen LogP contribution in [0.1, 0.15) is 59.6 Å². The third-order valence-corrected chi connectivity index (χ3v) is 7.47. The predicted molar refractivity (Wildman–Crippen MR) is 191 cm³/mol. The molecule has 18 heteroatoms. The Morgan fingerprint density at radius 1 is 0.579 bits per heavy atom. The van der Waals surface area contributed by atoms with E-state index in [9.17, 15) is 38.4 Å². The van der Waals surface area contributed by atoms with Gasteiger partial charge in [0.25, 0.3) is 0 Å². The van der Waals surface area contributed by atoms with E-state index in [1.165, 1.54) is 56.3 Å². The van der Waals surface area contributed by atoms with Gasteiger partial charge in [0, 0.05) is 41.5 Å². The van der Waals surface area contributed by atoms with Gasteiger partial charge in [-0.3, -0.25) is 38.4 Å². The van der Waals surface area contributed by atoms with Crippen molar-refractivity contribution in [2.75, 3.05) is 19.8 Å². The molecule has 308 valence electrons. The molecule has 0 amide bonds. The Bertz CT molecular complexity index is 1830. The van der Waals surface area contributed by atoms with Crippen molar-refractivity contribution in [3.63, 3.8) is 0 Å². The monoisotopic (exact) mass is 800 g/mol. The van der Waals surface area contributed by atoms with Gasteiger partial charge in [0.2, 0.25) is 0 Å². The van der Waals surface area contributed by atoms with Crippen LogP contribution in [0.25, 0.3) is 0 Å². The summed E-state index contributed by atoms with van der Waals surface area (Å²) in [4.78, 5) is 97.5. The minimum Gasteiger partial charge on any atom is -0.463 e. The van der Waals surface area contributed by atoms with Gasteiger partial charge in [-0.05, 0) is 54.0 Å². The number of carbonyl (C=O) groups is 8. The van der Waals surface area contributed by atoms with Gasteiger partial charge in [-0.25, -0.2) is 0 Å². The number of hydrogen-bond donors (Lipinski definition) is 0. The summed E-state index contributed by atoms with van der Waals surface area (Å²) in [5.74, 6) is -5.88. The molecular formula is C39H44O18. The van der Waals surface area contributed by atoms with E-state index in [1.54, 1.807) is 13.0 Å². The van der Waals surface area contributed by atoms with Crippen LogP contribution >= 0.6 is 0 Å². The van der Waals surface area contributed by atoms with E-state index in [4.69, 9.17) is 47.4 Å². The van der Waals surface area contributed by atoms with E-state index < -0.39 is 91.5 Å². The minimum atomic E-state index is -1.64. The van der Waals surface area contributed by atoms with Crippen LogP contribution in [0, 0.1) is 0 Å². The topological polar surface area (TPSA) is 229 Å². The summed E-state index contributed by atoms with van der Waals surface area (Å²) < 4.78 is 54.8. The van der Waals surface area contributed by atoms with Gasteiger partial charge in [0.05, 0.1) is 19.4 Å². The maximum Gasteiger partial charge on any atom is 0.310 e. The average Bonchev–Trinajstić information content (AvgIpc) is 3.09. The summed E-state index contributed by atoms with van der Waals surface area (Å²) in [6.07, 6.45) is -6.94. The van der Waals surface area contributed by atoms with Crippen molar-refractivity contribution < 1.29 is 85.7 Å². The third-order valence-electron chi connectivity index (χ3n) is 7.47. The lowest BCUT2D eigenvalue weighted by atomic mass is 9.97. The number of hydrogen-bond acceptors (Lipinski definition) is 18. The fraction of sp³-hybridized carbons (Fsp3) is 0.436. The maximum absolute atomic E-state index is 13.7. The lowest BCUT2D eigenvalue weighted by molar-refractivity contribution is -0.306. The Kier molecular flexibility index (Phi) is 17.3. The Hall–Kier alpha value is -6.14. The van der Waals surface area contributed by atoms with Crippen molar-refractivity contribution in [3.8, 4) is 17.2 Å². The Labute approximate surface area is 327 Å². The van der Waals surface area contributed by atoms with Gasteiger partial charge in [-0.1, -0.05) is 18.2 Å². The number of carbonyl (C=O) groups excluding carboxylic acids is 8. The summed E-state index contributed by atoms with van der Waals surface area (Å²) in [5, 5.41) is 0. The van der Waals surface area contributed by atoms with E-state index in [1.807, 2.05) is 0 Å². The molecule has 0 aromatic heterocycles. The predicted octanol–water partition coefficient (Wildman–Crippen LogP) is 2.82. The molecule has 3 rings (SSSR count). The van der Waals surface area contributed by atoms with Crippen LogP contribution in [-0.4, -0.2) is 98.3 Å². The van der Waals surface area contributed by atoms with E-state index in [2.05, 4.69) is 0 Å². The van der Waals surface area contributed by atoms with Crippen molar-refractivity contribution in [3.05, 3.63) is 65.2 Å². The normalized spacial score (nSPS) is 18.9. The summed E-state index contributed by atoms with van der Waals surface area (Å²) >= 11 is 0. The van der Waals surface area contributed by atoms with Crippen molar-refractivity contribution in [1.82, 2.24) is 0 Å². The summed E-state index contributed by atoms with van der Waals surface area (Å²) in [6, 6.07) is 9.96. The molecule has 2 aromatic rings. The van der Waals surface area contributed by atoms with Crippen molar-refractivity contribution in [1.29, 1.82) is 0 Å². The zero-order chi connectivity index (χ0) is 42.2. The Morgan fingerprint density at radius 3 is 1.72 bits per heavy atom. The van der Waals surface area contributed by atoms with Crippen LogP contribution < -0.4 is 14.2 Å². The highest BCUT2D eigenvalue weighted by Crippen LogP contribution is 2.32. The van der Waals surface area contributed by atoms with E-state index in [-0.39, 0.29) is 42.4 Å². The molecule has 1 aliphatic heterocycles. The molecule has 1 fully saturated rings. The first-order valence-electron chi connectivity index (χ1n) is 17.4. The average molecular weight is 801 g/mol. The van der Waals surface area contributed by atoms with Gasteiger partial charge >= 0.3 is 47.8 Å². The zero-order valence-corrected chi connectivity index (χ0v) is 32.4. The maximum atomic E-state index is 13.7. The van der Waals surface area contributed by atoms with E-state index in [0.29, 0.717) is 11.1 Å². The highest BCUT2D eigenvalue weighted by molar-refractivity contribution is 5.77. The largest absolute Gasteiger partial charge is 0.463 e. The quantitative estimate of drug-likeness (QED) is 0.0969. The van der Waals surface area contributed by atoms with Gasteiger partial charge in [-0.2, -0.15) is 0 Å². The summed E-state index contributed by atoms with van der Waals surface area (Å²) in [7, 11) is 0. The molecule has 0 bridgehead atoms. The second-order valence-corrected chi connectivity index (χ2v) is 12.6. The van der Waals surface area contributed by atoms with Crippen LogP contribution in [0.2, 0.25) is 0 Å². The third kappa shape index (κ3) is 15.9. The van der Waals surface area contributed by atoms with Crippen molar-refractivity contribution >= 4 is 47.8 Å². The first kappa shape index (κ1) is 45.3. The highest BCUT2D eigenvalue weighted by atomic mass is 16.7. The second kappa shape index (κ2) is 21.8. The Morgan fingerprint density at radius 2 is 1.14 bits per heavy atom. The number of esters is 8. The molecule has 0 unspecified atom stereocenters. The fourth-order valence-corrected chi connectivity index (χ4v) is 5.21. The van der Waals surface area contributed by atoms with Crippen LogP contribution in [0.15, 0.2) is 54.1 Å².